The lowest BCUT2D eigenvalue weighted by Gasteiger charge is -2.33. The highest BCUT2D eigenvalue weighted by Crippen LogP contribution is 2.58. The molecule has 0 unspecified atom stereocenters. The highest BCUT2D eigenvalue weighted by molar-refractivity contribution is 5.86. The quantitative estimate of drug-likeness (QED) is 0.630. The normalized spacial score (nSPS) is 18.6. The average Bonchev–Trinajstić information content (AvgIpc) is 3.07. The number of carbonyl (C=O) groups excluding carboxylic acids is 1. The van der Waals surface area contributed by atoms with Gasteiger partial charge < -0.3 is 20.9 Å². The van der Waals surface area contributed by atoms with Gasteiger partial charge in [-0.25, -0.2) is 0 Å². The van der Waals surface area contributed by atoms with Crippen LogP contribution in [0, 0.1) is 10.8 Å². The monoisotopic (exact) mass is 314 g/mol. The van der Waals surface area contributed by atoms with Crippen molar-refractivity contribution in [1.29, 1.82) is 0 Å². The van der Waals surface area contributed by atoms with Crippen LogP contribution in [0.25, 0.3) is 0 Å². The van der Waals surface area contributed by atoms with Gasteiger partial charge in [0.25, 0.3) is 0 Å². The Balaban J connectivity index is 2.41. The Morgan fingerprint density at radius 3 is 2.23 bits per heavy atom. The van der Waals surface area contributed by atoms with Gasteiger partial charge in [0.2, 0.25) is 5.91 Å². The summed E-state index contributed by atoms with van der Waals surface area (Å²) in [6.07, 6.45) is 1.97. The predicted octanol–water partition coefficient (Wildman–Crippen LogP) is 1.53. The molecular formula is C16H30N2O4. The van der Waals surface area contributed by atoms with Crippen molar-refractivity contribution in [2.24, 2.45) is 16.6 Å². The van der Waals surface area contributed by atoms with E-state index in [0.717, 1.165) is 0 Å². The minimum atomic E-state index is -1.09. The average molecular weight is 314 g/mol. The third-order valence-corrected chi connectivity index (χ3v) is 4.48. The molecule has 0 radical (unpaired) electrons. The Morgan fingerprint density at radius 1 is 1.27 bits per heavy atom. The lowest BCUT2D eigenvalue weighted by Crippen LogP contribution is -2.53. The van der Waals surface area contributed by atoms with Gasteiger partial charge in [0, 0.05) is 0 Å². The van der Waals surface area contributed by atoms with Gasteiger partial charge >= 0.3 is 5.97 Å². The maximum atomic E-state index is 11.9. The lowest BCUT2D eigenvalue weighted by atomic mass is 9.78. The zero-order valence-electron chi connectivity index (χ0n) is 14.4. The van der Waals surface area contributed by atoms with Crippen LogP contribution in [0.15, 0.2) is 0 Å². The van der Waals surface area contributed by atoms with E-state index in [-0.39, 0.29) is 17.3 Å². The van der Waals surface area contributed by atoms with Crippen LogP contribution in [0.4, 0.5) is 0 Å². The molecule has 6 nitrogen and oxygen atoms in total. The van der Waals surface area contributed by atoms with Crippen molar-refractivity contribution in [1.82, 2.24) is 5.32 Å². The number of ether oxygens (including phenoxy) is 1. The van der Waals surface area contributed by atoms with Gasteiger partial charge in [-0.3, -0.25) is 9.59 Å². The number of carboxylic acids is 1. The molecule has 1 saturated carbocycles. The molecule has 0 bridgehead atoms. The fraction of sp³-hybridized carbons (Fsp3) is 0.875. The molecule has 1 aliphatic rings. The molecule has 0 aromatic carbocycles. The first-order chi connectivity index (χ1) is 9.89. The third-order valence-electron chi connectivity index (χ3n) is 4.48. The minimum absolute atomic E-state index is 0.213. The van der Waals surface area contributed by atoms with E-state index >= 15 is 0 Å². The van der Waals surface area contributed by atoms with Crippen LogP contribution in [0.1, 0.15) is 53.9 Å². The first-order valence-electron chi connectivity index (χ1n) is 7.76. The summed E-state index contributed by atoms with van der Waals surface area (Å²) >= 11 is 0. The molecule has 128 valence electrons. The summed E-state index contributed by atoms with van der Waals surface area (Å²) in [5, 5.41) is 11.4. The van der Waals surface area contributed by atoms with Crippen molar-refractivity contribution >= 4 is 11.9 Å². The van der Waals surface area contributed by atoms with Gasteiger partial charge in [-0.15, -0.1) is 0 Å². The minimum Gasteiger partial charge on any atom is -0.481 e. The molecular weight excluding hydrogens is 284 g/mol. The van der Waals surface area contributed by atoms with Crippen LogP contribution >= 0.6 is 0 Å². The van der Waals surface area contributed by atoms with E-state index in [9.17, 15) is 9.59 Å². The number of nitrogens with one attached hydrogen (secondary N) is 1. The van der Waals surface area contributed by atoms with Crippen molar-refractivity contribution in [2.75, 3.05) is 13.2 Å². The molecule has 0 saturated heterocycles. The molecule has 1 amide bonds. The SMILES string of the molecule is CC(C)(COCC1(C(C)(C)C)CC1)NC(=O)[C@@H](N)CC(=O)O. The Bertz CT molecular complexity index is 422. The predicted molar refractivity (Wildman–Crippen MR) is 84.4 cm³/mol. The summed E-state index contributed by atoms with van der Waals surface area (Å²) in [6, 6.07) is -1.04. The Kier molecular flexibility index (Phi) is 5.62. The van der Waals surface area contributed by atoms with E-state index < -0.39 is 23.5 Å². The molecule has 0 aromatic heterocycles. The van der Waals surface area contributed by atoms with Crippen molar-refractivity contribution in [3.63, 3.8) is 0 Å². The summed E-state index contributed by atoms with van der Waals surface area (Å²) in [5.41, 5.74) is 5.43. The Hall–Kier alpha value is -1.14. The first kappa shape index (κ1) is 18.9. The van der Waals surface area contributed by atoms with E-state index in [2.05, 4.69) is 26.1 Å². The molecule has 4 N–H and O–H groups in total. The first-order valence-corrected chi connectivity index (χ1v) is 7.76. The smallest absolute Gasteiger partial charge is 0.305 e. The lowest BCUT2D eigenvalue weighted by molar-refractivity contribution is -0.139. The summed E-state index contributed by atoms with van der Waals surface area (Å²) in [5.74, 6) is -1.55. The number of carbonyl (C=O) groups is 2. The summed E-state index contributed by atoms with van der Waals surface area (Å²) in [4.78, 5) is 22.4. The molecule has 1 rings (SSSR count). The second-order valence-corrected chi connectivity index (χ2v) is 8.10. The van der Waals surface area contributed by atoms with E-state index in [1.807, 2.05) is 13.8 Å². The second-order valence-electron chi connectivity index (χ2n) is 8.10. The molecule has 22 heavy (non-hydrogen) atoms. The van der Waals surface area contributed by atoms with Gasteiger partial charge in [0.15, 0.2) is 0 Å². The topological polar surface area (TPSA) is 102 Å². The van der Waals surface area contributed by atoms with E-state index in [4.69, 9.17) is 15.6 Å². The summed E-state index contributed by atoms with van der Waals surface area (Å²) in [7, 11) is 0. The number of hydrogen-bond donors (Lipinski definition) is 3. The summed E-state index contributed by atoms with van der Waals surface area (Å²) in [6.45, 7) is 11.4. The van der Waals surface area contributed by atoms with Gasteiger partial charge in [-0.05, 0) is 37.5 Å². The second kappa shape index (κ2) is 6.54. The number of nitrogens with two attached hydrogens (primary N) is 1. The van der Waals surface area contributed by atoms with Gasteiger partial charge in [0.05, 0.1) is 31.2 Å². The van der Waals surface area contributed by atoms with Crippen LogP contribution in [-0.4, -0.2) is 41.8 Å². The number of carboxylic acid groups (broad SMARTS) is 1. The molecule has 0 aromatic rings. The molecule has 0 heterocycles. The largest absolute Gasteiger partial charge is 0.481 e. The third kappa shape index (κ3) is 5.25. The van der Waals surface area contributed by atoms with Crippen LogP contribution in [0.3, 0.4) is 0 Å². The number of amides is 1. The number of rotatable bonds is 8. The zero-order chi connectivity index (χ0) is 17.2. The van der Waals surface area contributed by atoms with Gasteiger partial charge in [-0.2, -0.15) is 0 Å². The van der Waals surface area contributed by atoms with Crippen LogP contribution < -0.4 is 11.1 Å². The van der Waals surface area contributed by atoms with E-state index in [0.29, 0.717) is 13.2 Å². The van der Waals surface area contributed by atoms with Crippen molar-refractivity contribution in [3.05, 3.63) is 0 Å². The fourth-order valence-electron chi connectivity index (χ4n) is 2.51. The van der Waals surface area contributed by atoms with E-state index in [1.54, 1.807) is 0 Å². The van der Waals surface area contributed by atoms with Crippen LogP contribution in [0.5, 0.6) is 0 Å². The molecule has 1 atom stereocenters. The molecule has 0 spiro atoms. The van der Waals surface area contributed by atoms with Gasteiger partial charge in [0.1, 0.15) is 0 Å². The van der Waals surface area contributed by atoms with Crippen LogP contribution in [0.2, 0.25) is 0 Å². The zero-order valence-corrected chi connectivity index (χ0v) is 14.4. The number of hydrogen-bond acceptors (Lipinski definition) is 4. The van der Waals surface area contributed by atoms with Crippen molar-refractivity contribution in [3.8, 4) is 0 Å². The fourth-order valence-corrected chi connectivity index (χ4v) is 2.51. The summed E-state index contributed by atoms with van der Waals surface area (Å²) < 4.78 is 5.84. The Labute approximate surface area is 132 Å². The van der Waals surface area contributed by atoms with E-state index in [1.165, 1.54) is 12.8 Å². The van der Waals surface area contributed by atoms with Crippen molar-refractivity contribution < 1.29 is 19.4 Å². The highest BCUT2D eigenvalue weighted by atomic mass is 16.5. The maximum absolute atomic E-state index is 11.9. The molecule has 1 aliphatic carbocycles. The van der Waals surface area contributed by atoms with Gasteiger partial charge in [-0.1, -0.05) is 20.8 Å². The van der Waals surface area contributed by atoms with Crippen LogP contribution in [-0.2, 0) is 14.3 Å². The standard InChI is InChI=1S/C16H30N2O4/c1-14(2,3)16(6-7-16)10-22-9-15(4,5)18-13(21)11(17)8-12(19)20/h11H,6-10,17H2,1-5H3,(H,18,21)(H,19,20)/t11-/m0/s1. The Morgan fingerprint density at radius 2 is 1.82 bits per heavy atom. The number of aliphatic carboxylic acids is 1. The molecule has 1 fully saturated rings. The van der Waals surface area contributed by atoms with Crippen molar-refractivity contribution in [2.45, 2.75) is 65.5 Å². The maximum Gasteiger partial charge on any atom is 0.305 e. The highest BCUT2D eigenvalue weighted by Gasteiger charge is 2.52. The molecule has 0 aliphatic heterocycles. The molecule has 6 heteroatoms.